The van der Waals surface area contributed by atoms with E-state index in [9.17, 15) is 18.0 Å². The highest BCUT2D eigenvalue weighted by Crippen LogP contribution is 2.40. The van der Waals surface area contributed by atoms with Gasteiger partial charge in [0.25, 0.3) is 0 Å². The molecule has 3 rings (SSSR count). The molecule has 0 spiro atoms. The van der Waals surface area contributed by atoms with E-state index < -0.39 is 15.0 Å². The van der Waals surface area contributed by atoms with Crippen LogP contribution < -0.4 is 14.4 Å². The molecule has 1 amide bonds. The molecule has 2 heterocycles. The van der Waals surface area contributed by atoms with Gasteiger partial charge in [-0.1, -0.05) is 0 Å². The summed E-state index contributed by atoms with van der Waals surface area (Å²) in [4.78, 5) is 25.5. The predicted octanol–water partition coefficient (Wildman–Crippen LogP) is 1.54. The third kappa shape index (κ3) is 3.28. The normalized spacial score (nSPS) is 20.2. The monoisotopic (exact) mass is 359 g/mol. The predicted molar refractivity (Wildman–Crippen MR) is 82.7 cm³/mol. The Bertz CT molecular complexity index is 791. The van der Waals surface area contributed by atoms with Crippen molar-refractivity contribution >= 4 is 37.1 Å². The molecule has 0 saturated carbocycles. The van der Waals surface area contributed by atoms with Crippen LogP contribution in [0.4, 0.5) is 5.69 Å². The second-order valence-corrected chi connectivity index (χ2v) is 8.38. The van der Waals surface area contributed by atoms with E-state index in [1.165, 1.54) is 11.8 Å². The molecule has 1 aromatic carbocycles. The number of ketones is 1. The zero-order valence-corrected chi connectivity index (χ0v) is 13.8. The molecule has 1 atom stereocenters. The molecule has 0 aromatic heterocycles. The zero-order valence-electron chi connectivity index (χ0n) is 12.2. The number of carbonyl (C=O) groups is 2. The van der Waals surface area contributed by atoms with Crippen molar-refractivity contribution in [3.8, 4) is 11.5 Å². The Balaban J connectivity index is 1.95. The Labute approximate surface area is 137 Å². The van der Waals surface area contributed by atoms with Gasteiger partial charge in [-0.15, -0.1) is 0 Å². The average molecular weight is 360 g/mol. The van der Waals surface area contributed by atoms with Crippen LogP contribution in [-0.2, 0) is 13.8 Å². The van der Waals surface area contributed by atoms with Gasteiger partial charge < -0.3 is 14.4 Å². The zero-order chi connectivity index (χ0) is 16.8. The van der Waals surface area contributed by atoms with E-state index in [4.69, 9.17) is 20.2 Å². The van der Waals surface area contributed by atoms with Crippen molar-refractivity contribution in [3.63, 3.8) is 0 Å². The number of ether oxygens (including phenoxy) is 2. The quantitative estimate of drug-likeness (QED) is 0.598. The van der Waals surface area contributed by atoms with E-state index in [-0.39, 0.29) is 37.2 Å². The molecule has 2 aliphatic rings. The van der Waals surface area contributed by atoms with Gasteiger partial charge in [0.05, 0.1) is 11.4 Å². The largest absolute Gasteiger partial charge is 0.454 e. The minimum atomic E-state index is -3.69. The Morgan fingerprint density at radius 1 is 1.35 bits per heavy atom. The second-order valence-electron chi connectivity index (χ2n) is 5.56. The summed E-state index contributed by atoms with van der Waals surface area (Å²) in [7, 11) is 1.57. The fourth-order valence-corrected chi connectivity index (χ4v) is 4.16. The number of halogens is 1. The SMILES string of the molecule is CC(=O)c1cc2c(cc1N1CC(CS(=O)(=O)Cl)CC1=O)OCO2. The molecule has 23 heavy (non-hydrogen) atoms. The van der Waals surface area contributed by atoms with Gasteiger partial charge in [0.2, 0.25) is 21.8 Å². The van der Waals surface area contributed by atoms with Crippen molar-refractivity contribution in [2.45, 2.75) is 13.3 Å². The third-order valence-corrected chi connectivity index (χ3v) is 5.05. The summed E-state index contributed by atoms with van der Waals surface area (Å²) in [5, 5.41) is 0. The van der Waals surface area contributed by atoms with Crippen molar-refractivity contribution in [1.82, 2.24) is 0 Å². The van der Waals surface area contributed by atoms with Crippen LogP contribution >= 0.6 is 10.7 Å². The number of rotatable bonds is 4. The molecule has 1 fully saturated rings. The van der Waals surface area contributed by atoms with E-state index in [2.05, 4.69) is 0 Å². The van der Waals surface area contributed by atoms with Crippen LogP contribution in [0.1, 0.15) is 23.7 Å². The van der Waals surface area contributed by atoms with Gasteiger partial charge in [0.15, 0.2) is 17.3 Å². The molecule has 7 nitrogen and oxygen atoms in total. The first kappa shape index (κ1) is 16.1. The molecule has 1 saturated heterocycles. The molecule has 124 valence electrons. The molecule has 2 aliphatic heterocycles. The molecular formula is C14H14ClNO6S. The Kier molecular flexibility index (Phi) is 3.97. The number of nitrogens with zero attached hydrogens (tertiary/aromatic N) is 1. The lowest BCUT2D eigenvalue weighted by molar-refractivity contribution is -0.117. The van der Waals surface area contributed by atoms with Gasteiger partial charge >= 0.3 is 0 Å². The van der Waals surface area contributed by atoms with Crippen molar-refractivity contribution in [1.29, 1.82) is 0 Å². The first-order chi connectivity index (χ1) is 10.7. The van der Waals surface area contributed by atoms with Crippen LogP contribution in [0.2, 0.25) is 0 Å². The Hall–Kier alpha value is -1.80. The molecule has 0 aliphatic carbocycles. The number of hydrogen-bond donors (Lipinski definition) is 0. The second kappa shape index (κ2) is 5.68. The number of hydrogen-bond acceptors (Lipinski definition) is 6. The maximum atomic E-state index is 12.3. The molecular weight excluding hydrogens is 346 g/mol. The molecule has 1 unspecified atom stereocenters. The van der Waals surface area contributed by atoms with E-state index in [1.807, 2.05) is 0 Å². The standard InChI is InChI=1S/C14H14ClNO6S/c1-8(17)10-3-12-13(22-7-21-12)4-11(10)16-5-9(2-14(16)18)6-23(15,19)20/h3-4,9H,2,5-7H2,1H3. The maximum absolute atomic E-state index is 12.3. The maximum Gasteiger partial charge on any atom is 0.232 e. The smallest absolute Gasteiger partial charge is 0.232 e. The highest BCUT2D eigenvalue weighted by Gasteiger charge is 2.35. The van der Waals surface area contributed by atoms with Crippen molar-refractivity contribution in [3.05, 3.63) is 17.7 Å². The van der Waals surface area contributed by atoms with Gasteiger partial charge in [0.1, 0.15) is 0 Å². The number of anilines is 1. The number of amides is 1. The summed E-state index contributed by atoms with van der Waals surface area (Å²) in [5.74, 6) is -0.264. The summed E-state index contributed by atoms with van der Waals surface area (Å²) in [6, 6.07) is 3.12. The highest BCUT2D eigenvalue weighted by molar-refractivity contribution is 8.13. The van der Waals surface area contributed by atoms with E-state index in [1.54, 1.807) is 12.1 Å². The molecule has 0 radical (unpaired) electrons. The van der Waals surface area contributed by atoms with Crippen LogP contribution in [0.3, 0.4) is 0 Å². The third-order valence-electron chi connectivity index (χ3n) is 3.80. The number of carbonyl (C=O) groups excluding carboxylic acids is 2. The molecule has 0 bridgehead atoms. The van der Waals surface area contributed by atoms with E-state index in [0.717, 1.165) is 0 Å². The van der Waals surface area contributed by atoms with Crippen LogP contribution in [-0.4, -0.2) is 39.2 Å². The first-order valence-corrected chi connectivity index (χ1v) is 9.40. The summed E-state index contributed by atoms with van der Waals surface area (Å²) >= 11 is 0. The Morgan fingerprint density at radius 3 is 2.61 bits per heavy atom. The van der Waals surface area contributed by atoms with Gasteiger partial charge in [-0.3, -0.25) is 9.59 Å². The summed E-state index contributed by atoms with van der Waals surface area (Å²) in [6.07, 6.45) is 0.0672. The number of benzene rings is 1. The van der Waals surface area contributed by atoms with Crippen LogP contribution in [0.5, 0.6) is 11.5 Å². The minimum absolute atomic E-state index is 0.0528. The molecule has 9 heteroatoms. The lowest BCUT2D eigenvalue weighted by Crippen LogP contribution is -2.27. The molecule has 0 N–H and O–H groups in total. The fraction of sp³-hybridized carbons (Fsp3) is 0.429. The lowest BCUT2D eigenvalue weighted by atomic mass is 10.1. The number of fused-ring (bicyclic) bond motifs is 1. The van der Waals surface area contributed by atoms with Crippen molar-refractivity contribution < 1.29 is 27.5 Å². The molecule has 1 aromatic rings. The fourth-order valence-electron chi connectivity index (χ4n) is 2.84. The van der Waals surface area contributed by atoms with Crippen molar-refractivity contribution in [2.75, 3.05) is 24.0 Å². The lowest BCUT2D eigenvalue weighted by Gasteiger charge is -2.20. The van der Waals surface area contributed by atoms with E-state index >= 15 is 0 Å². The van der Waals surface area contributed by atoms with Gasteiger partial charge in [-0.2, -0.15) is 0 Å². The van der Waals surface area contributed by atoms with Gasteiger partial charge in [-0.25, -0.2) is 8.42 Å². The Morgan fingerprint density at radius 2 is 2.00 bits per heavy atom. The first-order valence-electron chi connectivity index (χ1n) is 6.92. The number of Topliss-reactive ketones (excluding diaryl/α,β-unsaturated/α-hetero) is 1. The average Bonchev–Trinajstić information content (AvgIpc) is 3.01. The van der Waals surface area contributed by atoms with Gasteiger partial charge in [-0.05, 0) is 13.0 Å². The van der Waals surface area contributed by atoms with Crippen LogP contribution in [0, 0.1) is 5.92 Å². The van der Waals surface area contributed by atoms with E-state index in [0.29, 0.717) is 22.7 Å². The van der Waals surface area contributed by atoms with Gasteiger partial charge in [0, 0.05) is 41.2 Å². The van der Waals surface area contributed by atoms with Crippen LogP contribution in [0.15, 0.2) is 12.1 Å². The minimum Gasteiger partial charge on any atom is -0.454 e. The summed E-state index contributed by atoms with van der Waals surface area (Å²) in [6.45, 7) is 1.63. The summed E-state index contributed by atoms with van der Waals surface area (Å²) < 4.78 is 33.0. The topological polar surface area (TPSA) is 90.0 Å². The van der Waals surface area contributed by atoms with Crippen LogP contribution in [0.25, 0.3) is 0 Å². The van der Waals surface area contributed by atoms with Crippen molar-refractivity contribution in [2.24, 2.45) is 5.92 Å². The summed E-state index contributed by atoms with van der Waals surface area (Å²) in [5.41, 5.74) is 0.734. The highest BCUT2D eigenvalue weighted by atomic mass is 35.7.